The number of benzene rings is 1. The Labute approximate surface area is 116 Å². The average Bonchev–Trinajstić information content (AvgIpc) is 2.96. The van der Waals surface area contributed by atoms with Crippen molar-refractivity contribution >= 4 is 37.1 Å². The van der Waals surface area contributed by atoms with Gasteiger partial charge < -0.3 is 5.73 Å². The Kier molecular flexibility index (Phi) is 3.22. The van der Waals surface area contributed by atoms with E-state index in [9.17, 15) is 8.42 Å². The summed E-state index contributed by atoms with van der Waals surface area (Å²) in [7, 11) is -3.25. The van der Waals surface area contributed by atoms with E-state index in [1.807, 2.05) is 0 Å². The van der Waals surface area contributed by atoms with Gasteiger partial charge in [-0.2, -0.15) is 0 Å². The lowest BCUT2D eigenvalue weighted by atomic mass is 10.1. The van der Waals surface area contributed by atoms with Crippen LogP contribution in [0.2, 0.25) is 0 Å². The maximum atomic E-state index is 12.4. The molecule has 1 aliphatic rings. The lowest BCUT2D eigenvalue weighted by molar-refractivity contribution is 0.558. The normalized spacial score (nSPS) is 17.3. The second kappa shape index (κ2) is 4.76. The molecule has 19 heavy (non-hydrogen) atoms. The predicted molar refractivity (Wildman–Crippen MR) is 78.0 cm³/mol. The first-order chi connectivity index (χ1) is 9.04. The van der Waals surface area contributed by atoms with E-state index in [1.165, 1.54) is 11.3 Å². The van der Waals surface area contributed by atoms with Gasteiger partial charge in [0.25, 0.3) is 0 Å². The number of nitrogens with zero attached hydrogens (tertiary/aromatic N) is 1. The number of sulfone groups is 1. The molecule has 0 spiro atoms. The van der Waals surface area contributed by atoms with Gasteiger partial charge in [-0.05, 0) is 37.0 Å². The Balaban J connectivity index is 1.93. The molecule has 0 saturated heterocycles. The van der Waals surface area contributed by atoms with Gasteiger partial charge in [-0.25, -0.2) is 13.4 Å². The van der Waals surface area contributed by atoms with Crippen LogP contribution in [0.4, 0.5) is 5.69 Å². The van der Waals surface area contributed by atoms with Crippen LogP contribution in [0.5, 0.6) is 0 Å². The number of rotatable bonds is 3. The highest BCUT2D eigenvalue weighted by Gasteiger charge is 2.26. The van der Waals surface area contributed by atoms with Gasteiger partial charge in [0.1, 0.15) is 0 Å². The summed E-state index contributed by atoms with van der Waals surface area (Å²) in [4.78, 5) is 4.24. The molecule has 1 aromatic heterocycles. The number of aromatic nitrogens is 1. The number of anilines is 1. The van der Waals surface area contributed by atoms with Crippen LogP contribution in [-0.4, -0.2) is 19.2 Å². The van der Waals surface area contributed by atoms with E-state index < -0.39 is 9.84 Å². The molecular formula is C13H16N2O2S2. The van der Waals surface area contributed by atoms with Gasteiger partial charge in [0.2, 0.25) is 14.2 Å². The Morgan fingerprint density at radius 3 is 2.79 bits per heavy atom. The summed E-state index contributed by atoms with van der Waals surface area (Å²) in [5, 5.41) is 0. The second-order valence-corrected chi connectivity index (χ2v) is 8.38. The van der Waals surface area contributed by atoms with E-state index in [0.717, 1.165) is 30.4 Å². The first-order valence-electron chi connectivity index (χ1n) is 6.43. The van der Waals surface area contributed by atoms with Crippen LogP contribution in [0.25, 0.3) is 10.2 Å². The van der Waals surface area contributed by atoms with Crippen molar-refractivity contribution in [3.63, 3.8) is 0 Å². The van der Waals surface area contributed by atoms with Crippen molar-refractivity contribution in [2.45, 2.75) is 30.0 Å². The molecule has 1 saturated carbocycles. The standard InChI is InChI=1S/C13H16N2O2S2/c14-10-5-6-11-12(7-10)18-13(15-11)19(16,17)8-9-3-1-2-4-9/h5-7,9H,1-4,8,14H2. The number of nitrogen functional groups attached to an aromatic ring is 1. The number of fused-ring (bicyclic) bond motifs is 1. The van der Waals surface area contributed by atoms with Crippen LogP contribution in [0.15, 0.2) is 22.5 Å². The first-order valence-corrected chi connectivity index (χ1v) is 8.90. The van der Waals surface area contributed by atoms with Crippen molar-refractivity contribution in [3.05, 3.63) is 18.2 Å². The monoisotopic (exact) mass is 296 g/mol. The Morgan fingerprint density at radius 1 is 1.32 bits per heavy atom. The minimum atomic E-state index is -3.25. The Hall–Kier alpha value is -1.14. The van der Waals surface area contributed by atoms with Gasteiger partial charge in [-0.15, -0.1) is 11.3 Å². The van der Waals surface area contributed by atoms with Gasteiger partial charge in [0.05, 0.1) is 16.0 Å². The molecule has 2 N–H and O–H groups in total. The lowest BCUT2D eigenvalue weighted by Crippen LogP contribution is -2.13. The molecule has 4 nitrogen and oxygen atoms in total. The van der Waals surface area contributed by atoms with Crippen LogP contribution in [0, 0.1) is 5.92 Å². The van der Waals surface area contributed by atoms with Crippen LogP contribution in [0.1, 0.15) is 25.7 Å². The topological polar surface area (TPSA) is 73.0 Å². The molecule has 0 amide bonds. The molecule has 3 rings (SSSR count). The quantitative estimate of drug-likeness (QED) is 0.884. The maximum Gasteiger partial charge on any atom is 0.210 e. The summed E-state index contributed by atoms with van der Waals surface area (Å²) in [6, 6.07) is 5.30. The third-order valence-electron chi connectivity index (χ3n) is 3.59. The minimum Gasteiger partial charge on any atom is -0.399 e. The summed E-state index contributed by atoms with van der Waals surface area (Å²) in [6.07, 6.45) is 4.35. The van der Waals surface area contributed by atoms with Gasteiger partial charge in [-0.1, -0.05) is 12.8 Å². The minimum absolute atomic E-state index is 0.236. The molecule has 1 aromatic carbocycles. The summed E-state index contributed by atoms with van der Waals surface area (Å²) in [5.74, 6) is 0.546. The largest absolute Gasteiger partial charge is 0.399 e. The van der Waals surface area contributed by atoms with Gasteiger partial charge in [0.15, 0.2) is 0 Å². The fourth-order valence-corrected chi connectivity index (χ4v) is 5.67. The van der Waals surface area contributed by atoms with Crippen molar-refractivity contribution < 1.29 is 8.42 Å². The highest BCUT2D eigenvalue weighted by molar-refractivity contribution is 7.93. The SMILES string of the molecule is Nc1ccc2nc(S(=O)(=O)CC3CCCC3)sc2c1. The highest BCUT2D eigenvalue weighted by atomic mass is 32.2. The van der Waals surface area contributed by atoms with Gasteiger partial charge in [0, 0.05) is 5.69 Å². The van der Waals surface area contributed by atoms with E-state index in [2.05, 4.69) is 4.98 Å². The maximum absolute atomic E-state index is 12.4. The van der Waals surface area contributed by atoms with Gasteiger partial charge >= 0.3 is 0 Å². The number of hydrogen-bond donors (Lipinski definition) is 1. The average molecular weight is 296 g/mol. The van der Waals surface area contributed by atoms with Gasteiger partial charge in [-0.3, -0.25) is 0 Å². The van der Waals surface area contributed by atoms with Crippen molar-refractivity contribution in [3.8, 4) is 0 Å². The summed E-state index contributed by atoms with van der Waals surface area (Å²) in [6.45, 7) is 0. The number of thiazole rings is 1. The fourth-order valence-electron chi connectivity index (χ4n) is 2.61. The van der Waals surface area contributed by atoms with Crippen molar-refractivity contribution in [1.29, 1.82) is 0 Å². The molecule has 6 heteroatoms. The van der Waals surface area contributed by atoms with E-state index in [-0.39, 0.29) is 10.1 Å². The Bertz CT molecular complexity index is 701. The third-order valence-corrected chi connectivity index (χ3v) is 6.95. The molecule has 0 atom stereocenters. The lowest BCUT2D eigenvalue weighted by Gasteiger charge is -2.07. The van der Waals surface area contributed by atoms with E-state index in [1.54, 1.807) is 18.2 Å². The molecular weight excluding hydrogens is 280 g/mol. The van der Waals surface area contributed by atoms with Crippen LogP contribution in [-0.2, 0) is 9.84 Å². The Morgan fingerprint density at radius 2 is 2.05 bits per heavy atom. The molecule has 1 fully saturated rings. The molecule has 0 bridgehead atoms. The molecule has 1 aliphatic carbocycles. The highest BCUT2D eigenvalue weighted by Crippen LogP contribution is 2.31. The first kappa shape index (κ1) is 12.9. The van der Waals surface area contributed by atoms with E-state index >= 15 is 0 Å². The van der Waals surface area contributed by atoms with E-state index in [0.29, 0.717) is 17.1 Å². The smallest absolute Gasteiger partial charge is 0.210 e. The zero-order chi connectivity index (χ0) is 13.5. The third kappa shape index (κ3) is 2.60. The van der Waals surface area contributed by atoms with Crippen molar-refractivity contribution in [1.82, 2.24) is 4.98 Å². The molecule has 1 heterocycles. The molecule has 0 unspecified atom stereocenters. The summed E-state index contributed by atoms with van der Waals surface area (Å²) < 4.78 is 25.8. The summed E-state index contributed by atoms with van der Waals surface area (Å²) >= 11 is 1.22. The van der Waals surface area contributed by atoms with Crippen LogP contribution < -0.4 is 5.73 Å². The summed E-state index contributed by atoms with van der Waals surface area (Å²) in [5.41, 5.74) is 7.05. The zero-order valence-electron chi connectivity index (χ0n) is 10.5. The zero-order valence-corrected chi connectivity index (χ0v) is 12.1. The fraction of sp³-hybridized carbons (Fsp3) is 0.462. The molecule has 0 radical (unpaired) electrons. The molecule has 102 valence electrons. The predicted octanol–water partition coefficient (Wildman–Crippen LogP) is 2.84. The number of nitrogens with two attached hydrogens (primary N) is 1. The molecule has 0 aliphatic heterocycles. The number of hydrogen-bond acceptors (Lipinski definition) is 5. The van der Waals surface area contributed by atoms with Crippen molar-refractivity contribution in [2.75, 3.05) is 11.5 Å². The van der Waals surface area contributed by atoms with Crippen LogP contribution in [0.3, 0.4) is 0 Å². The van der Waals surface area contributed by atoms with E-state index in [4.69, 9.17) is 5.73 Å². The molecule has 2 aromatic rings. The second-order valence-electron chi connectivity index (χ2n) is 5.14. The van der Waals surface area contributed by atoms with Crippen LogP contribution >= 0.6 is 11.3 Å². The van der Waals surface area contributed by atoms with Crippen molar-refractivity contribution in [2.24, 2.45) is 5.92 Å².